The summed E-state index contributed by atoms with van der Waals surface area (Å²) in [6.45, 7) is 5.79. The molecule has 2 aromatic rings. The fourth-order valence-corrected chi connectivity index (χ4v) is 5.34. The Balaban J connectivity index is 1.34. The van der Waals surface area contributed by atoms with Crippen LogP contribution in [0, 0.1) is 5.82 Å². The first-order chi connectivity index (χ1) is 15.1. The Bertz CT molecular complexity index is 963. The number of ether oxygens (including phenoxy) is 2. The van der Waals surface area contributed by atoms with Crippen molar-refractivity contribution in [2.45, 2.75) is 18.1 Å². The average molecular weight is 426 g/mol. The quantitative estimate of drug-likeness (QED) is 0.752. The van der Waals surface area contributed by atoms with E-state index in [4.69, 9.17) is 9.47 Å². The van der Waals surface area contributed by atoms with Crippen molar-refractivity contribution in [3.8, 4) is 5.75 Å². The third-order valence-electron chi connectivity index (χ3n) is 6.74. The van der Waals surface area contributed by atoms with Crippen molar-refractivity contribution in [3.63, 3.8) is 0 Å². The van der Waals surface area contributed by atoms with Gasteiger partial charge in [0.05, 0.1) is 31.9 Å². The van der Waals surface area contributed by atoms with Crippen molar-refractivity contribution in [3.05, 3.63) is 65.5 Å². The highest BCUT2D eigenvalue weighted by Gasteiger charge is 2.54. The molecule has 3 aliphatic heterocycles. The Morgan fingerprint density at radius 2 is 2.03 bits per heavy atom. The number of carbonyl (C=O) groups excluding carboxylic acids is 1. The first-order valence-corrected chi connectivity index (χ1v) is 10.8. The lowest BCUT2D eigenvalue weighted by molar-refractivity contribution is -0.160. The molecule has 0 aliphatic carbocycles. The first-order valence-electron chi connectivity index (χ1n) is 10.8. The summed E-state index contributed by atoms with van der Waals surface area (Å²) in [5.41, 5.74) is 1.25. The third kappa shape index (κ3) is 3.82. The normalized spacial score (nSPS) is 23.3. The van der Waals surface area contributed by atoms with Gasteiger partial charge in [0.2, 0.25) is 0 Å². The van der Waals surface area contributed by atoms with E-state index in [9.17, 15) is 9.18 Å². The summed E-state index contributed by atoms with van der Waals surface area (Å²) in [5, 5.41) is 0. The van der Waals surface area contributed by atoms with Crippen LogP contribution in [-0.2, 0) is 11.3 Å². The monoisotopic (exact) mass is 425 g/mol. The SMILES string of the molecule is COc1cccc(C(=O)N2C[C@@H]3COCCN3C3(CN(Cc4ccccc4F)C3)C2)c1. The minimum Gasteiger partial charge on any atom is -0.497 e. The Kier molecular flexibility index (Phi) is 5.42. The van der Waals surface area contributed by atoms with Crippen LogP contribution in [0.5, 0.6) is 5.75 Å². The number of carbonyl (C=O) groups is 1. The second-order valence-electron chi connectivity index (χ2n) is 8.80. The maximum absolute atomic E-state index is 14.1. The average Bonchev–Trinajstić information content (AvgIpc) is 2.78. The van der Waals surface area contributed by atoms with Gasteiger partial charge in [-0.3, -0.25) is 14.6 Å². The summed E-state index contributed by atoms with van der Waals surface area (Å²) >= 11 is 0. The highest BCUT2D eigenvalue weighted by molar-refractivity contribution is 5.94. The molecule has 0 N–H and O–H groups in total. The van der Waals surface area contributed by atoms with Crippen molar-refractivity contribution < 1.29 is 18.7 Å². The lowest BCUT2D eigenvalue weighted by Gasteiger charge is -2.63. The lowest BCUT2D eigenvalue weighted by atomic mass is 9.82. The second kappa shape index (κ2) is 8.22. The maximum atomic E-state index is 14.1. The molecule has 0 radical (unpaired) electrons. The van der Waals surface area contributed by atoms with E-state index in [0.717, 1.165) is 31.8 Å². The molecule has 1 amide bonds. The number of nitrogens with zero attached hydrogens (tertiary/aromatic N) is 3. The molecule has 1 spiro atoms. The van der Waals surface area contributed by atoms with E-state index in [2.05, 4.69) is 9.80 Å². The maximum Gasteiger partial charge on any atom is 0.254 e. The molecule has 3 fully saturated rings. The van der Waals surface area contributed by atoms with Crippen molar-refractivity contribution >= 4 is 5.91 Å². The van der Waals surface area contributed by atoms with Crippen molar-refractivity contribution in [1.29, 1.82) is 0 Å². The van der Waals surface area contributed by atoms with Crippen LogP contribution in [0.15, 0.2) is 48.5 Å². The second-order valence-corrected chi connectivity index (χ2v) is 8.80. The largest absolute Gasteiger partial charge is 0.497 e. The topological polar surface area (TPSA) is 45.2 Å². The molecule has 0 unspecified atom stereocenters. The van der Waals surface area contributed by atoms with Crippen molar-refractivity contribution in [1.82, 2.24) is 14.7 Å². The van der Waals surface area contributed by atoms with Crippen LogP contribution in [0.4, 0.5) is 4.39 Å². The van der Waals surface area contributed by atoms with Crippen LogP contribution in [-0.4, -0.2) is 85.2 Å². The number of morpholine rings is 1. The molecule has 0 bridgehead atoms. The Hall–Kier alpha value is -2.48. The molecular weight excluding hydrogens is 397 g/mol. The lowest BCUT2D eigenvalue weighted by Crippen LogP contribution is -2.80. The van der Waals surface area contributed by atoms with Gasteiger partial charge in [-0.25, -0.2) is 4.39 Å². The highest BCUT2D eigenvalue weighted by atomic mass is 19.1. The summed E-state index contributed by atoms with van der Waals surface area (Å²) in [7, 11) is 1.61. The predicted octanol–water partition coefficient (Wildman–Crippen LogP) is 2.25. The minimum atomic E-state index is -0.161. The number of amides is 1. The number of hydrogen-bond acceptors (Lipinski definition) is 5. The number of hydrogen-bond donors (Lipinski definition) is 0. The van der Waals surface area contributed by atoms with Crippen LogP contribution >= 0.6 is 0 Å². The Morgan fingerprint density at radius 1 is 1.19 bits per heavy atom. The molecule has 7 heteroatoms. The number of likely N-dealkylation sites (tertiary alicyclic amines) is 1. The van der Waals surface area contributed by atoms with Crippen LogP contribution in [0.25, 0.3) is 0 Å². The molecule has 3 saturated heterocycles. The Morgan fingerprint density at radius 3 is 2.84 bits per heavy atom. The van der Waals surface area contributed by atoms with Gasteiger partial charge in [0, 0.05) is 50.4 Å². The number of methoxy groups -OCH3 is 1. The first kappa shape index (κ1) is 20.4. The molecular formula is C24H28FN3O3. The number of fused-ring (bicyclic) bond motifs is 2. The third-order valence-corrected chi connectivity index (χ3v) is 6.74. The highest BCUT2D eigenvalue weighted by Crippen LogP contribution is 2.37. The van der Waals surface area contributed by atoms with Gasteiger partial charge >= 0.3 is 0 Å². The molecule has 3 aliphatic rings. The molecule has 2 aromatic carbocycles. The van der Waals surface area contributed by atoms with Gasteiger partial charge in [-0.1, -0.05) is 24.3 Å². The standard InChI is InChI=1S/C24H28FN3O3/c1-30-21-7-4-6-18(11-21)23(29)27-13-20-14-31-10-9-28(20)24(17-27)15-26(16-24)12-19-5-2-3-8-22(19)25/h2-8,11,20H,9-10,12-17H2,1H3/t20-/m1/s1. The summed E-state index contributed by atoms with van der Waals surface area (Å²) in [4.78, 5) is 20.1. The van der Waals surface area contributed by atoms with Crippen molar-refractivity contribution in [2.75, 3.05) is 53.0 Å². The summed E-state index contributed by atoms with van der Waals surface area (Å²) in [5.74, 6) is 0.544. The van der Waals surface area contributed by atoms with Gasteiger partial charge in [0.1, 0.15) is 11.6 Å². The van der Waals surface area contributed by atoms with E-state index < -0.39 is 0 Å². The molecule has 0 aromatic heterocycles. The van der Waals surface area contributed by atoms with Gasteiger partial charge in [-0.15, -0.1) is 0 Å². The smallest absolute Gasteiger partial charge is 0.254 e. The zero-order valence-electron chi connectivity index (χ0n) is 17.8. The van der Waals surface area contributed by atoms with Gasteiger partial charge in [0.25, 0.3) is 5.91 Å². The Labute approximate surface area is 182 Å². The molecule has 5 rings (SSSR count). The van der Waals surface area contributed by atoms with Gasteiger partial charge < -0.3 is 14.4 Å². The van der Waals surface area contributed by atoms with Gasteiger partial charge in [-0.2, -0.15) is 0 Å². The predicted molar refractivity (Wildman–Crippen MR) is 115 cm³/mol. The van der Waals surface area contributed by atoms with Crippen LogP contribution in [0.1, 0.15) is 15.9 Å². The molecule has 6 nitrogen and oxygen atoms in total. The minimum absolute atomic E-state index is 0.0241. The number of rotatable bonds is 4. The van der Waals surface area contributed by atoms with E-state index in [1.54, 1.807) is 19.2 Å². The van der Waals surface area contributed by atoms with Crippen LogP contribution in [0.2, 0.25) is 0 Å². The van der Waals surface area contributed by atoms with E-state index in [1.165, 1.54) is 6.07 Å². The number of piperazine rings is 1. The summed E-state index contributed by atoms with van der Waals surface area (Å²) in [6, 6.07) is 14.5. The summed E-state index contributed by atoms with van der Waals surface area (Å²) < 4.78 is 25.2. The molecule has 1 atom stereocenters. The van der Waals surface area contributed by atoms with E-state index >= 15 is 0 Å². The zero-order chi connectivity index (χ0) is 21.4. The van der Waals surface area contributed by atoms with Gasteiger partial charge in [-0.05, 0) is 24.3 Å². The van der Waals surface area contributed by atoms with Crippen LogP contribution < -0.4 is 4.74 Å². The fraction of sp³-hybridized carbons (Fsp3) is 0.458. The van der Waals surface area contributed by atoms with Crippen LogP contribution in [0.3, 0.4) is 0 Å². The van der Waals surface area contributed by atoms with E-state index in [0.29, 0.717) is 37.6 Å². The van der Waals surface area contributed by atoms with Crippen molar-refractivity contribution in [2.24, 2.45) is 0 Å². The molecule has 31 heavy (non-hydrogen) atoms. The molecule has 3 heterocycles. The molecule has 0 saturated carbocycles. The van der Waals surface area contributed by atoms with Gasteiger partial charge in [0.15, 0.2) is 0 Å². The van der Waals surface area contributed by atoms with E-state index in [-0.39, 0.29) is 23.3 Å². The number of benzene rings is 2. The molecule has 164 valence electrons. The zero-order valence-corrected chi connectivity index (χ0v) is 17.8. The number of halogens is 1. The summed E-state index contributed by atoms with van der Waals surface area (Å²) in [6.07, 6.45) is 0. The van der Waals surface area contributed by atoms with E-state index in [1.807, 2.05) is 35.2 Å². The fourth-order valence-electron chi connectivity index (χ4n) is 5.34.